The molecule has 14 heavy (non-hydrogen) atoms. The van der Waals surface area contributed by atoms with Crippen molar-refractivity contribution in [3.63, 3.8) is 0 Å². The highest BCUT2D eigenvalue weighted by molar-refractivity contribution is 5.79. The van der Waals surface area contributed by atoms with Gasteiger partial charge >= 0.3 is 0 Å². The van der Waals surface area contributed by atoms with Crippen LogP contribution in [0.4, 0.5) is 0 Å². The molecule has 0 spiro atoms. The number of rotatable bonds is 1. The summed E-state index contributed by atoms with van der Waals surface area (Å²) in [6.45, 7) is 0. The zero-order chi connectivity index (χ0) is 9.38. The quantitative estimate of drug-likeness (QED) is 0.675. The van der Waals surface area contributed by atoms with Crippen molar-refractivity contribution in [3.8, 4) is 0 Å². The van der Waals surface area contributed by atoms with Crippen LogP contribution in [0.5, 0.6) is 0 Å². The first-order valence-corrected chi connectivity index (χ1v) is 4.57. The molecule has 68 valence electrons. The Morgan fingerprint density at radius 1 is 1.07 bits per heavy atom. The van der Waals surface area contributed by atoms with E-state index in [-0.39, 0.29) is 0 Å². The number of benzene rings is 1. The molecule has 0 saturated heterocycles. The molecule has 2 aromatic rings. The lowest BCUT2D eigenvalue weighted by Crippen LogP contribution is -1.92. The molecule has 1 aromatic heterocycles. The first-order chi connectivity index (χ1) is 6.93. The molecule has 0 saturated carbocycles. The molecule has 0 fully saturated rings. The van der Waals surface area contributed by atoms with Gasteiger partial charge in [-0.15, -0.1) is 10.2 Å². The van der Waals surface area contributed by atoms with Gasteiger partial charge in [0.1, 0.15) is 12.7 Å². The molecule has 0 amide bonds. The largest absolute Gasteiger partial charge is 0.292 e. The number of nitrogens with zero attached hydrogens (tertiary/aromatic N) is 3. The van der Waals surface area contributed by atoms with E-state index in [1.165, 1.54) is 16.8 Å². The van der Waals surface area contributed by atoms with Gasteiger partial charge in [-0.05, 0) is 17.2 Å². The van der Waals surface area contributed by atoms with Crippen molar-refractivity contribution >= 4 is 11.8 Å². The van der Waals surface area contributed by atoms with Crippen LogP contribution in [0.2, 0.25) is 0 Å². The minimum atomic E-state index is 0.966. The van der Waals surface area contributed by atoms with Crippen LogP contribution in [-0.2, 0) is 6.42 Å². The zero-order valence-corrected chi connectivity index (χ0v) is 7.59. The molecule has 3 rings (SSSR count). The van der Waals surface area contributed by atoms with E-state index in [0.717, 1.165) is 6.42 Å². The second-order valence-electron chi connectivity index (χ2n) is 3.38. The summed E-state index contributed by atoms with van der Waals surface area (Å²) in [5, 5.41) is 7.60. The van der Waals surface area contributed by atoms with Gasteiger partial charge in [0.15, 0.2) is 0 Å². The molecule has 1 aromatic carbocycles. The predicted octanol–water partition coefficient (Wildman–Crippen LogP) is 1.83. The minimum absolute atomic E-state index is 0.966. The first-order valence-electron chi connectivity index (χ1n) is 4.57. The molecule has 1 aliphatic rings. The van der Waals surface area contributed by atoms with E-state index >= 15 is 0 Å². The second kappa shape index (κ2) is 2.80. The summed E-state index contributed by atoms with van der Waals surface area (Å²) in [4.78, 5) is 0. The maximum atomic E-state index is 3.80. The molecule has 0 N–H and O–H groups in total. The summed E-state index contributed by atoms with van der Waals surface area (Å²) in [6, 6.07) is 8.42. The van der Waals surface area contributed by atoms with Gasteiger partial charge in [-0.2, -0.15) is 0 Å². The third-order valence-corrected chi connectivity index (χ3v) is 2.50. The molecular weight excluding hydrogens is 174 g/mol. The smallest absolute Gasteiger partial charge is 0.123 e. The van der Waals surface area contributed by atoms with Gasteiger partial charge in [0.2, 0.25) is 0 Å². The normalized spacial score (nSPS) is 13.9. The molecule has 0 unspecified atom stereocenters. The molecule has 3 heteroatoms. The topological polar surface area (TPSA) is 30.7 Å². The number of hydrogen-bond acceptors (Lipinski definition) is 2. The Kier molecular flexibility index (Phi) is 1.50. The fourth-order valence-corrected chi connectivity index (χ4v) is 1.78. The molecule has 0 atom stereocenters. The van der Waals surface area contributed by atoms with Crippen LogP contribution in [0.15, 0.2) is 36.9 Å². The Hall–Kier alpha value is -1.90. The molecule has 0 bridgehead atoms. The van der Waals surface area contributed by atoms with Gasteiger partial charge in [0, 0.05) is 12.1 Å². The highest BCUT2D eigenvalue weighted by atomic mass is 15.2. The lowest BCUT2D eigenvalue weighted by molar-refractivity contribution is 1.04. The summed E-state index contributed by atoms with van der Waals surface area (Å²) in [5.74, 6) is 0. The SMILES string of the molecule is C1=C(n2cnnc2)Cc2ccccc21. The summed E-state index contributed by atoms with van der Waals surface area (Å²) < 4.78 is 1.96. The average Bonchev–Trinajstić information content (AvgIpc) is 2.86. The van der Waals surface area contributed by atoms with Crippen molar-refractivity contribution in [2.75, 3.05) is 0 Å². The third kappa shape index (κ3) is 1.06. The predicted molar refractivity (Wildman–Crippen MR) is 54.3 cm³/mol. The average molecular weight is 183 g/mol. The van der Waals surface area contributed by atoms with Gasteiger partial charge in [-0.1, -0.05) is 24.3 Å². The lowest BCUT2D eigenvalue weighted by atomic mass is 10.1. The van der Waals surface area contributed by atoms with Crippen molar-refractivity contribution in [1.29, 1.82) is 0 Å². The van der Waals surface area contributed by atoms with E-state index < -0.39 is 0 Å². The fraction of sp³-hybridized carbons (Fsp3) is 0.0909. The first kappa shape index (κ1) is 7.50. The second-order valence-corrected chi connectivity index (χ2v) is 3.38. The van der Waals surface area contributed by atoms with E-state index in [0.29, 0.717) is 0 Å². The van der Waals surface area contributed by atoms with Crippen molar-refractivity contribution in [2.24, 2.45) is 0 Å². The van der Waals surface area contributed by atoms with Crippen molar-refractivity contribution in [2.45, 2.75) is 6.42 Å². The maximum Gasteiger partial charge on any atom is 0.123 e. The third-order valence-electron chi connectivity index (χ3n) is 2.50. The molecular formula is C11H9N3. The van der Waals surface area contributed by atoms with Gasteiger partial charge in [0.05, 0.1) is 0 Å². The van der Waals surface area contributed by atoms with Crippen molar-refractivity contribution in [3.05, 3.63) is 48.0 Å². The molecule has 1 heterocycles. The Bertz CT molecular complexity index is 483. The summed E-state index contributed by atoms with van der Waals surface area (Å²) in [7, 11) is 0. The summed E-state index contributed by atoms with van der Waals surface area (Å²) >= 11 is 0. The zero-order valence-electron chi connectivity index (χ0n) is 7.59. The summed E-state index contributed by atoms with van der Waals surface area (Å²) in [5.41, 5.74) is 3.91. The van der Waals surface area contributed by atoms with Gasteiger partial charge in [-0.25, -0.2) is 0 Å². The molecule has 0 radical (unpaired) electrons. The highest BCUT2D eigenvalue weighted by Crippen LogP contribution is 2.26. The number of aromatic nitrogens is 3. The van der Waals surface area contributed by atoms with Gasteiger partial charge < -0.3 is 0 Å². The highest BCUT2D eigenvalue weighted by Gasteiger charge is 2.12. The van der Waals surface area contributed by atoms with Gasteiger partial charge in [-0.3, -0.25) is 4.57 Å². The van der Waals surface area contributed by atoms with Crippen molar-refractivity contribution in [1.82, 2.24) is 14.8 Å². The lowest BCUT2D eigenvalue weighted by Gasteiger charge is -1.99. The van der Waals surface area contributed by atoms with E-state index in [2.05, 4.69) is 40.5 Å². The molecule has 1 aliphatic carbocycles. The van der Waals surface area contributed by atoms with E-state index in [4.69, 9.17) is 0 Å². The van der Waals surface area contributed by atoms with Crippen LogP contribution in [0.25, 0.3) is 11.8 Å². The maximum absolute atomic E-state index is 3.80. The Labute approximate surface area is 81.7 Å². The Morgan fingerprint density at radius 2 is 1.86 bits per heavy atom. The van der Waals surface area contributed by atoms with E-state index in [1.807, 2.05) is 4.57 Å². The van der Waals surface area contributed by atoms with Crippen LogP contribution in [0.1, 0.15) is 11.1 Å². The summed E-state index contributed by atoms with van der Waals surface area (Å²) in [6.07, 6.45) is 6.61. The van der Waals surface area contributed by atoms with Gasteiger partial charge in [0.25, 0.3) is 0 Å². The number of allylic oxidation sites excluding steroid dienone is 1. The fourth-order valence-electron chi connectivity index (χ4n) is 1.78. The Balaban J connectivity index is 2.04. The van der Waals surface area contributed by atoms with Crippen molar-refractivity contribution < 1.29 is 0 Å². The molecule has 0 aliphatic heterocycles. The monoisotopic (exact) mass is 183 g/mol. The van der Waals surface area contributed by atoms with E-state index in [9.17, 15) is 0 Å². The van der Waals surface area contributed by atoms with Crippen LogP contribution in [-0.4, -0.2) is 14.8 Å². The number of hydrogen-bond donors (Lipinski definition) is 0. The standard InChI is InChI=1S/C11H9N3/c1-2-4-10-6-11(5-9(10)3-1)14-7-12-13-8-14/h1-5,7-8H,6H2. The van der Waals surface area contributed by atoms with Crippen LogP contribution < -0.4 is 0 Å². The number of fused-ring (bicyclic) bond motifs is 1. The van der Waals surface area contributed by atoms with Crippen LogP contribution in [0, 0.1) is 0 Å². The Morgan fingerprint density at radius 3 is 2.64 bits per heavy atom. The van der Waals surface area contributed by atoms with Crippen LogP contribution in [0.3, 0.4) is 0 Å². The van der Waals surface area contributed by atoms with Crippen LogP contribution >= 0.6 is 0 Å². The van der Waals surface area contributed by atoms with E-state index in [1.54, 1.807) is 12.7 Å². The molecule has 3 nitrogen and oxygen atoms in total. The minimum Gasteiger partial charge on any atom is -0.292 e.